The highest BCUT2D eigenvalue weighted by Crippen LogP contribution is 2.44. The van der Waals surface area contributed by atoms with E-state index in [0.29, 0.717) is 0 Å². The minimum atomic E-state index is -5.74. The van der Waals surface area contributed by atoms with Crippen molar-refractivity contribution in [2.45, 2.75) is 24.6 Å². The Morgan fingerprint density at radius 1 is 0.765 bits per heavy atom. The van der Waals surface area contributed by atoms with Crippen LogP contribution in [-0.4, -0.2) is 18.3 Å². The van der Waals surface area contributed by atoms with Crippen LogP contribution in [0.5, 0.6) is 0 Å². The second kappa shape index (κ2) is 4.50. The van der Waals surface area contributed by atoms with Crippen LogP contribution < -0.4 is 4.57 Å². The molecule has 17 heavy (non-hydrogen) atoms. The summed E-state index contributed by atoms with van der Waals surface area (Å²) < 4.78 is 87.6. The smallest absolute Gasteiger partial charge is 0.203 e. The normalized spacial score (nSPS) is 15.1. The van der Waals surface area contributed by atoms with Crippen LogP contribution in [0.4, 0.5) is 30.7 Å². The minimum Gasteiger partial charge on any atom is -0.203 e. The predicted octanol–water partition coefficient (Wildman–Crippen LogP) is 2.98. The summed E-state index contributed by atoms with van der Waals surface area (Å²) in [5, 5.41) is 0. The molecular formula is C9H7F7N+. The first kappa shape index (κ1) is 13.7. The van der Waals surface area contributed by atoms with Gasteiger partial charge in [0, 0.05) is 12.1 Å². The summed E-state index contributed by atoms with van der Waals surface area (Å²) in [6, 6.07) is 3.53. The summed E-state index contributed by atoms with van der Waals surface area (Å²) >= 11 is 0. The van der Waals surface area contributed by atoms with Gasteiger partial charge in [-0.1, -0.05) is 6.07 Å². The molecule has 0 fully saturated rings. The first-order chi connectivity index (χ1) is 7.71. The average Bonchev–Trinajstić information content (AvgIpc) is 2.28. The number of pyridine rings is 1. The predicted molar refractivity (Wildman–Crippen MR) is 42.7 cm³/mol. The van der Waals surface area contributed by atoms with Crippen LogP contribution >= 0.6 is 0 Å². The van der Waals surface area contributed by atoms with Gasteiger partial charge in [0.25, 0.3) is 0 Å². The highest BCUT2D eigenvalue weighted by molar-refractivity contribution is 4.89. The third-order valence-corrected chi connectivity index (χ3v) is 2.02. The number of nitrogens with zero attached hydrogens (tertiary/aromatic N) is 1. The zero-order chi connectivity index (χ0) is 13.3. The van der Waals surface area contributed by atoms with E-state index in [1.807, 2.05) is 0 Å². The molecule has 0 aromatic carbocycles. The second-order valence-corrected chi connectivity index (χ2v) is 3.21. The lowest BCUT2D eigenvalue weighted by molar-refractivity contribution is -0.771. The minimum absolute atomic E-state index is 0.0935. The molecule has 0 aliphatic rings. The van der Waals surface area contributed by atoms with Crippen LogP contribution in [0.3, 0.4) is 0 Å². The summed E-state index contributed by atoms with van der Waals surface area (Å²) in [6.07, 6.45) is -6.76. The van der Waals surface area contributed by atoms with Gasteiger partial charge in [-0.15, -0.1) is 0 Å². The number of rotatable bonds is 4. The van der Waals surface area contributed by atoms with E-state index < -0.39 is 24.6 Å². The summed E-state index contributed by atoms with van der Waals surface area (Å²) in [5.41, 5.74) is 0. The van der Waals surface area contributed by atoms with Crippen molar-refractivity contribution in [1.29, 1.82) is 0 Å². The molecule has 0 saturated heterocycles. The van der Waals surface area contributed by atoms with E-state index >= 15 is 0 Å². The zero-order valence-corrected chi connectivity index (χ0v) is 8.13. The van der Waals surface area contributed by atoms with E-state index in [4.69, 9.17) is 0 Å². The lowest BCUT2D eigenvalue weighted by atomic mass is 10.1. The van der Waals surface area contributed by atoms with E-state index in [1.165, 1.54) is 6.07 Å². The Hall–Kier alpha value is -1.34. The maximum Gasteiger partial charge on any atom is 0.406 e. The molecule has 0 spiro atoms. The standard InChI is InChI=1S/C9H7F7N/c10-6(11)8(13,14)9(15,16)7(12)17-4-2-1-3-5-17/h1-7H/q+1. The Labute approximate surface area is 91.5 Å². The van der Waals surface area contributed by atoms with Gasteiger partial charge in [-0.05, 0) is 0 Å². The molecule has 8 heteroatoms. The number of alkyl halides is 7. The summed E-state index contributed by atoms with van der Waals surface area (Å²) in [6.45, 7) is 0. The number of hydrogen-bond acceptors (Lipinski definition) is 0. The maximum atomic E-state index is 13.2. The molecule has 0 N–H and O–H groups in total. The molecule has 0 saturated carbocycles. The number of hydrogen-bond donors (Lipinski definition) is 0. The van der Waals surface area contributed by atoms with E-state index in [9.17, 15) is 30.7 Å². The Morgan fingerprint density at radius 3 is 1.65 bits per heavy atom. The van der Waals surface area contributed by atoms with Crippen LogP contribution in [0.2, 0.25) is 0 Å². The molecule has 0 aliphatic carbocycles. The van der Waals surface area contributed by atoms with Gasteiger partial charge in [-0.2, -0.15) is 26.5 Å². The van der Waals surface area contributed by atoms with Crippen molar-refractivity contribution in [2.75, 3.05) is 0 Å². The molecule has 0 radical (unpaired) electrons. The van der Waals surface area contributed by atoms with Gasteiger partial charge >= 0.3 is 24.6 Å². The SMILES string of the molecule is FC(F)C(F)(F)C(F)(F)C(F)[n+]1ccccc1. The first-order valence-corrected chi connectivity index (χ1v) is 4.35. The third-order valence-electron chi connectivity index (χ3n) is 2.02. The first-order valence-electron chi connectivity index (χ1n) is 4.35. The molecular weight excluding hydrogens is 255 g/mol. The van der Waals surface area contributed by atoms with Gasteiger partial charge < -0.3 is 0 Å². The van der Waals surface area contributed by atoms with Crippen LogP contribution in [0.1, 0.15) is 6.30 Å². The molecule has 96 valence electrons. The van der Waals surface area contributed by atoms with Crippen molar-refractivity contribution in [3.63, 3.8) is 0 Å². The van der Waals surface area contributed by atoms with Gasteiger partial charge in [0.15, 0.2) is 12.4 Å². The van der Waals surface area contributed by atoms with Crippen molar-refractivity contribution >= 4 is 0 Å². The fourth-order valence-corrected chi connectivity index (χ4v) is 1.05. The second-order valence-electron chi connectivity index (χ2n) is 3.21. The average molecular weight is 262 g/mol. The van der Waals surface area contributed by atoms with Crippen LogP contribution in [0, 0.1) is 0 Å². The molecule has 0 aliphatic heterocycles. The van der Waals surface area contributed by atoms with Gasteiger partial charge in [-0.3, -0.25) is 0 Å². The number of aromatic nitrogens is 1. The molecule has 1 aromatic heterocycles. The largest absolute Gasteiger partial charge is 0.406 e. The summed E-state index contributed by atoms with van der Waals surface area (Å²) in [4.78, 5) is 0. The Morgan fingerprint density at radius 2 is 1.24 bits per heavy atom. The molecule has 1 rings (SSSR count). The Kier molecular flexibility index (Phi) is 3.63. The van der Waals surface area contributed by atoms with Crippen molar-refractivity contribution in [1.82, 2.24) is 0 Å². The quantitative estimate of drug-likeness (QED) is 0.580. The molecule has 1 atom stereocenters. The Balaban J connectivity index is 3.06. The fourth-order valence-electron chi connectivity index (χ4n) is 1.05. The van der Waals surface area contributed by atoms with Crippen molar-refractivity contribution in [3.8, 4) is 0 Å². The van der Waals surface area contributed by atoms with E-state index in [2.05, 4.69) is 0 Å². The van der Waals surface area contributed by atoms with E-state index in [-0.39, 0.29) is 4.57 Å². The van der Waals surface area contributed by atoms with Crippen molar-refractivity contribution < 1.29 is 35.3 Å². The maximum absolute atomic E-state index is 13.2. The highest BCUT2D eigenvalue weighted by Gasteiger charge is 2.71. The lowest BCUT2D eigenvalue weighted by Crippen LogP contribution is -2.57. The number of halogens is 7. The van der Waals surface area contributed by atoms with Crippen LogP contribution in [-0.2, 0) is 0 Å². The van der Waals surface area contributed by atoms with Crippen LogP contribution in [0.15, 0.2) is 30.6 Å². The topological polar surface area (TPSA) is 3.88 Å². The van der Waals surface area contributed by atoms with Gasteiger partial charge in [0.1, 0.15) is 0 Å². The van der Waals surface area contributed by atoms with Crippen molar-refractivity contribution in [2.24, 2.45) is 0 Å². The van der Waals surface area contributed by atoms with Gasteiger partial charge in [0.05, 0.1) is 0 Å². The molecule has 1 unspecified atom stereocenters. The third kappa shape index (κ3) is 2.34. The molecule has 1 heterocycles. The fraction of sp³-hybridized carbons (Fsp3) is 0.444. The van der Waals surface area contributed by atoms with E-state index in [0.717, 1.165) is 24.5 Å². The molecule has 1 nitrogen and oxygen atoms in total. The monoisotopic (exact) mass is 262 g/mol. The highest BCUT2D eigenvalue weighted by atomic mass is 19.3. The Bertz CT molecular complexity index is 365. The van der Waals surface area contributed by atoms with Gasteiger partial charge in [0.2, 0.25) is 0 Å². The lowest BCUT2D eigenvalue weighted by Gasteiger charge is -2.25. The summed E-state index contributed by atoms with van der Waals surface area (Å²) in [5.74, 6) is -11.2. The van der Waals surface area contributed by atoms with Crippen LogP contribution in [0.25, 0.3) is 0 Å². The summed E-state index contributed by atoms with van der Waals surface area (Å²) in [7, 11) is 0. The van der Waals surface area contributed by atoms with Gasteiger partial charge in [-0.25, -0.2) is 8.78 Å². The molecule has 0 amide bonds. The zero-order valence-electron chi connectivity index (χ0n) is 8.13. The van der Waals surface area contributed by atoms with Crippen molar-refractivity contribution in [3.05, 3.63) is 30.6 Å². The molecule has 1 aromatic rings. The molecule has 0 bridgehead atoms. The van der Waals surface area contributed by atoms with E-state index in [1.54, 1.807) is 0 Å².